The predicted molar refractivity (Wildman–Crippen MR) is 279 cm³/mol. The van der Waals surface area contributed by atoms with Gasteiger partial charge in [-0.2, -0.15) is 0 Å². The van der Waals surface area contributed by atoms with Crippen LogP contribution in [-0.4, -0.2) is 37.2 Å². The molecule has 6 nitrogen and oxygen atoms in total. The number of carbonyl (C=O) groups excluding carboxylic acids is 3. The number of hydrogen-bond acceptors (Lipinski definition) is 6. The molecule has 0 amide bonds. The number of esters is 3. The lowest BCUT2D eigenvalue weighted by molar-refractivity contribution is -0.167. The van der Waals surface area contributed by atoms with Crippen LogP contribution in [0.25, 0.3) is 0 Å². The molecule has 6 heteroatoms. The van der Waals surface area contributed by atoms with E-state index in [-0.39, 0.29) is 50.4 Å². The van der Waals surface area contributed by atoms with E-state index in [1.165, 1.54) is 51.4 Å². The minimum Gasteiger partial charge on any atom is -0.462 e. The fraction of sp³-hybridized carbons (Fsp3) is 0.576. The summed E-state index contributed by atoms with van der Waals surface area (Å²) in [5.41, 5.74) is 0. The van der Waals surface area contributed by atoms with Crippen molar-refractivity contribution in [2.45, 2.75) is 207 Å². The molecule has 0 aromatic heterocycles. The summed E-state index contributed by atoms with van der Waals surface area (Å²) in [4.78, 5) is 37.9. The van der Waals surface area contributed by atoms with E-state index in [4.69, 9.17) is 14.2 Å². The van der Waals surface area contributed by atoms with Crippen molar-refractivity contribution in [3.63, 3.8) is 0 Å². The van der Waals surface area contributed by atoms with Gasteiger partial charge in [0.15, 0.2) is 6.10 Å². The zero-order valence-electron chi connectivity index (χ0n) is 41.4. The van der Waals surface area contributed by atoms with Crippen molar-refractivity contribution < 1.29 is 28.6 Å². The van der Waals surface area contributed by atoms with E-state index in [2.05, 4.69) is 154 Å². The smallest absolute Gasteiger partial charge is 0.306 e. The van der Waals surface area contributed by atoms with Crippen LogP contribution in [0, 0.1) is 0 Å². The SMILES string of the molecule is CC/C=C\C/C=C\C/C=C\C/C=C\CCCCC(=O)OC[C@H](COC(=O)CCC/C=C\C/C=C\C/C=C\C/C=C\CCCCC)OC(=O)CCCC/C=C\C/C=C\C/C=C\CCCCC. The normalized spacial score (nSPS) is 13.2. The first-order valence-electron chi connectivity index (χ1n) is 25.7. The Morgan fingerprint density at radius 1 is 0.323 bits per heavy atom. The molecule has 0 aliphatic heterocycles. The van der Waals surface area contributed by atoms with Crippen molar-refractivity contribution in [3.05, 3.63) is 134 Å². The van der Waals surface area contributed by atoms with Crippen LogP contribution in [0.2, 0.25) is 0 Å². The maximum atomic E-state index is 12.8. The standard InChI is InChI=1S/C59H92O6/c1-4-7-10-13-16-19-22-25-28-29-32-34-37-40-43-46-49-52-58(61)64-55-56(65-59(62)53-50-47-44-41-38-35-31-27-24-21-18-15-12-9-6-3)54-63-57(60)51-48-45-42-39-36-33-30-26-23-20-17-14-11-8-5-2/h8,11,16-21,25-28,30-32,34,36,38-41,43,56H,4-7,9-10,12-15,22-24,29,33,35,37,42,44-55H2,1-3H3/b11-8-,19-16-,20-17-,21-18-,28-25-,30-26-,31-27-,34-32-,39-36-,41-38-,43-40-/t56-/m1/s1. The number of rotatable bonds is 44. The van der Waals surface area contributed by atoms with Gasteiger partial charge in [0.2, 0.25) is 0 Å². The minimum absolute atomic E-state index is 0.137. The Bertz CT molecular complexity index is 1450. The lowest BCUT2D eigenvalue weighted by Gasteiger charge is -2.18. The summed E-state index contributed by atoms with van der Waals surface area (Å²) >= 11 is 0. The summed E-state index contributed by atoms with van der Waals surface area (Å²) in [6.07, 6.45) is 73.0. The number of hydrogen-bond donors (Lipinski definition) is 0. The van der Waals surface area contributed by atoms with Crippen LogP contribution in [0.3, 0.4) is 0 Å². The van der Waals surface area contributed by atoms with Gasteiger partial charge in [0.25, 0.3) is 0 Å². The monoisotopic (exact) mass is 897 g/mol. The van der Waals surface area contributed by atoms with Crippen LogP contribution in [0.15, 0.2) is 134 Å². The highest BCUT2D eigenvalue weighted by Gasteiger charge is 2.19. The second-order valence-corrected chi connectivity index (χ2v) is 16.3. The maximum Gasteiger partial charge on any atom is 0.306 e. The maximum absolute atomic E-state index is 12.8. The molecular formula is C59H92O6. The summed E-state index contributed by atoms with van der Waals surface area (Å²) < 4.78 is 16.7. The van der Waals surface area contributed by atoms with E-state index < -0.39 is 6.10 Å². The van der Waals surface area contributed by atoms with Crippen molar-refractivity contribution >= 4 is 17.9 Å². The van der Waals surface area contributed by atoms with Gasteiger partial charge in [-0.05, 0) is 135 Å². The summed E-state index contributed by atoms with van der Waals surface area (Å²) in [5, 5.41) is 0. The molecule has 0 aromatic carbocycles. The zero-order valence-corrected chi connectivity index (χ0v) is 41.4. The summed E-state index contributed by atoms with van der Waals surface area (Å²) in [7, 11) is 0. The van der Waals surface area contributed by atoms with Crippen LogP contribution in [0.4, 0.5) is 0 Å². The second-order valence-electron chi connectivity index (χ2n) is 16.3. The lowest BCUT2D eigenvalue weighted by atomic mass is 10.1. The van der Waals surface area contributed by atoms with Crippen LogP contribution < -0.4 is 0 Å². The minimum atomic E-state index is -0.841. The first-order chi connectivity index (χ1) is 32.0. The van der Waals surface area contributed by atoms with Crippen molar-refractivity contribution in [2.75, 3.05) is 13.2 Å². The van der Waals surface area contributed by atoms with E-state index in [0.29, 0.717) is 19.3 Å². The molecule has 364 valence electrons. The Balaban J connectivity index is 4.63. The molecule has 0 fully saturated rings. The molecule has 0 N–H and O–H groups in total. The molecule has 0 saturated carbocycles. The molecule has 0 heterocycles. The van der Waals surface area contributed by atoms with Crippen molar-refractivity contribution in [3.8, 4) is 0 Å². The van der Waals surface area contributed by atoms with Crippen molar-refractivity contribution in [1.82, 2.24) is 0 Å². The van der Waals surface area contributed by atoms with Gasteiger partial charge in [0, 0.05) is 19.3 Å². The van der Waals surface area contributed by atoms with Crippen molar-refractivity contribution in [1.29, 1.82) is 0 Å². The van der Waals surface area contributed by atoms with E-state index in [1.807, 2.05) is 0 Å². The van der Waals surface area contributed by atoms with Crippen LogP contribution in [-0.2, 0) is 28.6 Å². The van der Waals surface area contributed by atoms with Gasteiger partial charge in [-0.1, -0.05) is 180 Å². The number of allylic oxidation sites excluding steroid dienone is 22. The fourth-order valence-electron chi connectivity index (χ4n) is 6.25. The topological polar surface area (TPSA) is 78.9 Å². The largest absolute Gasteiger partial charge is 0.462 e. The van der Waals surface area contributed by atoms with E-state index >= 15 is 0 Å². The molecular weight excluding hydrogens is 805 g/mol. The molecule has 0 bridgehead atoms. The molecule has 0 aromatic rings. The Kier molecular flexibility index (Phi) is 48.6. The third-order valence-electron chi connectivity index (χ3n) is 10.1. The quantitative estimate of drug-likeness (QED) is 0.0262. The first-order valence-corrected chi connectivity index (χ1v) is 25.7. The van der Waals surface area contributed by atoms with Gasteiger partial charge in [-0.25, -0.2) is 0 Å². The molecule has 0 unspecified atom stereocenters. The Morgan fingerprint density at radius 2 is 0.600 bits per heavy atom. The first kappa shape index (κ1) is 60.5. The van der Waals surface area contributed by atoms with E-state index in [0.717, 1.165) is 89.9 Å². The third-order valence-corrected chi connectivity index (χ3v) is 10.1. The number of carbonyl (C=O) groups is 3. The predicted octanol–water partition coefficient (Wildman–Crippen LogP) is 17.1. The highest BCUT2D eigenvalue weighted by atomic mass is 16.6. The Hall–Kier alpha value is -4.45. The molecule has 0 aliphatic rings. The van der Waals surface area contributed by atoms with Gasteiger partial charge in [0.1, 0.15) is 13.2 Å². The second kappa shape index (κ2) is 52.2. The van der Waals surface area contributed by atoms with Gasteiger partial charge in [-0.3, -0.25) is 14.4 Å². The average Bonchev–Trinajstić information content (AvgIpc) is 3.30. The molecule has 0 rings (SSSR count). The molecule has 0 aliphatic carbocycles. The van der Waals surface area contributed by atoms with Gasteiger partial charge in [-0.15, -0.1) is 0 Å². The summed E-state index contributed by atoms with van der Waals surface area (Å²) in [5.74, 6) is -1.08. The Morgan fingerprint density at radius 3 is 0.938 bits per heavy atom. The van der Waals surface area contributed by atoms with Crippen molar-refractivity contribution in [2.24, 2.45) is 0 Å². The summed E-state index contributed by atoms with van der Waals surface area (Å²) in [6, 6.07) is 0. The molecule has 0 saturated heterocycles. The van der Waals surface area contributed by atoms with Gasteiger partial charge < -0.3 is 14.2 Å². The van der Waals surface area contributed by atoms with Crippen LogP contribution >= 0.6 is 0 Å². The highest BCUT2D eigenvalue weighted by molar-refractivity contribution is 5.71. The molecule has 1 atom stereocenters. The molecule has 0 radical (unpaired) electrons. The van der Waals surface area contributed by atoms with Crippen LogP contribution in [0.5, 0.6) is 0 Å². The van der Waals surface area contributed by atoms with Crippen LogP contribution in [0.1, 0.15) is 201 Å². The van der Waals surface area contributed by atoms with Gasteiger partial charge in [0.05, 0.1) is 0 Å². The average molecular weight is 897 g/mol. The highest BCUT2D eigenvalue weighted by Crippen LogP contribution is 2.10. The van der Waals surface area contributed by atoms with E-state index in [1.54, 1.807) is 0 Å². The molecule has 0 spiro atoms. The third kappa shape index (κ3) is 50.4. The number of ether oxygens (including phenoxy) is 3. The summed E-state index contributed by atoms with van der Waals surface area (Å²) in [6.45, 7) is 6.32. The fourth-order valence-corrected chi connectivity index (χ4v) is 6.25. The van der Waals surface area contributed by atoms with E-state index in [9.17, 15) is 14.4 Å². The zero-order chi connectivity index (χ0) is 47.2. The number of unbranched alkanes of at least 4 members (excludes halogenated alkanes) is 11. The lowest BCUT2D eigenvalue weighted by Crippen LogP contribution is -2.30. The Labute approximate surface area is 398 Å². The van der Waals surface area contributed by atoms with Gasteiger partial charge >= 0.3 is 17.9 Å². The molecule has 65 heavy (non-hydrogen) atoms.